The number of rotatable bonds is 7. The van der Waals surface area contributed by atoms with Gasteiger partial charge in [-0.2, -0.15) is 0 Å². The Morgan fingerprint density at radius 3 is 2.43 bits per heavy atom. The molecule has 0 atom stereocenters. The summed E-state index contributed by atoms with van der Waals surface area (Å²) in [6.07, 6.45) is 3.97. The van der Waals surface area contributed by atoms with E-state index < -0.39 is 30.7 Å². The van der Waals surface area contributed by atoms with Crippen molar-refractivity contribution in [2.75, 3.05) is 34.4 Å². The topological polar surface area (TPSA) is 96.5 Å². The number of benzene rings is 2. The highest BCUT2D eigenvalue weighted by Crippen LogP contribution is 2.39. The van der Waals surface area contributed by atoms with Gasteiger partial charge in [-0.25, -0.2) is 4.79 Å². The van der Waals surface area contributed by atoms with Gasteiger partial charge in [0.1, 0.15) is 17.8 Å². The molecule has 0 radical (unpaired) electrons. The Morgan fingerprint density at radius 2 is 1.71 bits per heavy atom. The second-order valence-corrected chi connectivity index (χ2v) is 9.28. The van der Waals surface area contributed by atoms with E-state index in [-0.39, 0.29) is 11.8 Å². The summed E-state index contributed by atoms with van der Waals surface area (Å²) in [5.74, 6) is -0.737. The Hall–Kier alpha value is -3.62. The van der Waals surface area contributed by atoms with Crippen LogP contribution >= 0.6 is 0 Å². The lowest BCUT2D eigenvalue weighted by molar-refractivity contribution is -0.153. The molecule has 1 saturated carbocycles. The van der Waals surface area contributed by atoms with Crippen LogP contribution in [0.5, 0.6) is 5.75 Å². The van der Waals surface area contributed by atoms with Crippen molar-refractivity contribution in [1.29, 1.82) is 0 Å². The van der Waals surface area contributed by atoms with Crippen molar-refractivity contribution in [2.45, 2.75) is 44.2 Å². The number of fused-ring (bicyclic) bond motifs is 1. The minimum Gasteiger partial charge on any atom is -0.497 e. The van der Waals surface area contributed by atoms with Crippen molar-refractivity contribution in [1.82, 2.24) is 14.7 Å². The average molecular weight is 482 g/mol. The number of carbonyl (C=O) groups is 4. The van der Waals surface area contributed by atoms with Crippen LogP contribution in [0.1, 0.15) is 37.7 Å². The van der Waals surface area contributed by atoms with Crippen LogP contribution in [0.2, 0.25) is 0 Å². The van der Waals surface area contributed by atoms with Crippen LogP contribution in [0.25, 0.3) is 10.8 Å². The molecular weight excluding hydrogens is 450 g/mol. The first-order valence-corrected chi connectivity index (χ1v) is 11.8. The largest absolute Gasteiger partial charge is 0.497 e. The zero-order chi connectivity index (χ0) is 25.2. The number of urea groups is 1. The van der Waals surface area contributed by atoms with E-state index >= 15 is 0 Å². The first kappa shape index (κ1) is 24.5. The van der Waals surface area contributed by atoms with E-state index in [1.54, 1.807) is 21.2 Å². The monoisotopic (exact) mass is 481 g/mol. The van der Waals surface area contributed by atoms with Crippen LogP contribution in [-0.4, -0.2) is 78.4 Å². The second-order valence-electron chi connectivity index (χ2n) is 9.28. The predicted octanol–water partition coefficient (Wildman–Crippen LogP) is 2.95. The molecule has 9 heteroatoms. The van der Waals surface area contributed by atoms with Crippen molar-refractivity contribution in [2.24, 2.45) is 0 Å². The molecule has 2 aromatic carbocycles. The van der Waals surface area contributed by atoms with E-state index in [1.807, 2.05) is 36.4 Å². The van der Waals surface area contributed by atoms with E-state index in [2.05, 4.69) is 0 Å². The molecule has 0 bridgehead atoms. The van der Waals surface area contributed by atoms with Gasteiger partial charge in [0.2, 0.25) is 0 Å². The molecule has 186 valence electrons. The summed E-state index contributed by atoms with van der Waals surface area (Å²) in [5.41, 5.74) is 0.0790. The number of ether oxygens (including phenoxy) is 2. The second kappa shape index (κ2) is 9.93. The molecule has 1 heterocycles. The number of likely N-dealkylation sites (N-methyl/N-ethyl adjacent to an activating group) is 2. The van der Waals surface area contributed by atoms with Gasteiger partial charge in [-0.05, 0) is 47.4 Å². The lowest BCUT2D eigenvalue weighted by atomic mass is 9.81. The molecule has 4 amide bonds. The van der Waals surface area contributed by atoms with Crippen LogP contribution in [-0.2, 0) is 25.7 Å². The Balaban J connectivity index is 1.30. The minimum absolute atomic E-state index is 0.342. The highest BCUT2D eigenvalue weighted by Gasteiger charge is 2.56. The van der Waals surface area contributed by atoms with Gasteiger partial charge >= 0.3 is 12.0 Å². The van der Waals surface area contributed by atoms with Gasteiger partial charge in [0, 0.05) is 20.6 Å². The summed E-state index contributed by atoms with van der Waals surface area (Å²) in [7, 11) is 4.86. The van der Waals surface area contributed by atoms with Gasteiger partial charge < -0.3 is 19.3 Å². The Labute approximate surface area is 204 Å². The molecule has 2 aliphatic rings. The molecule has 0 aromatic heterocycles. The number of hydrogen-bond donors (Lipinski definition) is 0. The third kappa shape index (κ3) is 4.80. The first-order valence-electron chi connectivity index (χ1n) is 11.8. The van der Waals surface area contributed by atoms with Crippen molar-refractivity contribution < 1.29 is 28.7 Å². The summed E-state index contributed by atoms with van der Waals surface area (Å²) < 4.78 is 10.4. The summed E-state index contributed by atoms with van der Waals surface area (Å²) >= 11 is 0. The molecule has 1 aliphatic heterocycles. The normalized spacial score (nSPS) is 17.2. The quantitative estimate of drug-likeness (QED) is 0.446. The summed E-state index contributed by atoms with van der Waals surface area (Å²) in [6.45, 7) is -0.610. The van der Waals surface area contributed by atoms with Crippen LogP contribution in [0.4, 0.5) is 4.79 Å². The van der Waals surface area contributed by atoms with Gasteiger partial charge in [-0.15, -0.1) is 0 Å². The van der Waals surface area contributed by atoms with Gasteiger partial charge in [0.05, 0.1) is 7.11 Å². The molecule has 1 aliphatic carbocycles. The molecule has 0 unspecified atom stereocenters. The van der Waals surface area contributed by atoms with Crippen molar-refractivity contribution in [3.8, 4) is 5.75 Å². The van der Waals surface area contributed by atoms with Crippen LogP contribution in [0.3, 0.4) is 0 Å². The molecule has 9 nitrogen and oxygen atoms in total. The van der Waals surface area contributed by atoms with E-state index in [1.165, 1.54) is 9.80 Å². The number of carbonyl (C=O) groups excluding carboxylic acids is 4. The van der Waals surface area contributed by atoms with E-state index in [0.717, 1.165) is 46.2 Å². The zero-order valence-electron chi connectivity index (χ0n) is 20.4. The lowest BCUT2D eigenvalue weighted by Crippen LogP contribution is -2.49. The third-order valence-corrected chi connectivity index (χ3v) is 7.09. The summed E-state index contributed by atoms with van der Waals surface area (Å²) in [6, 6.07) is 11.2. The molecule has 2 fully saturated rings. The molecule has 4 rings (SSSR count). The average Bonchev–Trinajstić information content (AvgIpc) is 3.03. The van der Waals surface area contributed by atoms with Crippen LogP contribution in [0, 0.1) is 0 Å². The number of imide groups is 1. The molecule has 0 N–H and O–H groups in total. The Morgan fingerprint density at radius 1 is 1.03 bits per heavy atom. The van der Waals surface area contributed by atoms with Crippen LogP contribution in [0.15, 0.2) is 36.4 Å². The summed E-state index contributed by atoms with van der Waals surface area (Å²) in [5, 5.41) is 2.05. The number of esters is 1. The smallest absolute Gasteiger partial charge is 0.327 e. The minimum atomic E-state index is -0.851. The highest BCUT2D eigenvalue weighted by molar-refractivity contribution is 6.08. The Kier molecular flexibility index (Phi) is 6.95. The maximum atomic E-state index is 13.0. The van der Waals surface area contributed by atoms with E-state index in [9.17, 15) is 19.2 Å². The molecule has 35 heavy (non-hydrogen) atoms. The highest BCUT2D eigenvalue weighted by atomic mass is 16.5. The molecule has 2 aromatic rings. The van der Waals surface area contributed by atoms with E-state index in [0.29, 0.717) is 19.4 Å². The lowest BCUT2D eigenvalue weighted by Gasteiger charge is -2.35. The van der Waals surface area contributed by atoms with Gasteiger partial charge in [0.25, 0.3) is 11.8 Å². The number of nitrogens with zero attached hydrogens (tertiary/aromatic N) is 3. The number of methoxy groups -OCH3 is 1. The van der Waals surface area contributed by atoms with E-state index in [4.69, 9.17) is 9.47 Å². The maximum Gasteiger partial charge on any atom is 0.327 e. The number of amides is 4. The standard InChI is InChI=1S/C26H31N3O6/c1-27(15-18-7-8-20-14-21(34-3)10-9-19(20)13-18)22(30)17-35-23(31)16-29-24(32)26(28(2)25(29)33)11-5-4-6-12-26/h7-10,13-14H,4-6,11-12,15-17H2,1-3H3. The fourth-order valence-electron chi connectivity index (χ4n) is 4.96. The molecule has 1 saturated heterocycles. The maximum absolute atomic E-state index is 13.0. The molecular formula is C26H31N3O6. The fourth-order valence-corrected chi connectivity index (χ4v) is 4.96. The Bertz CT molecular complexity index is 1160. The summed E-state index contributed by atoms with van der Waals surface area (Å²) in [4.78, 5) is 54.4. The predicted molar refractivity (Wildman–Crippen MR) is 129 cm³/mol. The number of hydrogen-bond acceptors (Lipinski definition) is 6. The third-order valence-electron chi connectivity index (χ3n) is 7.09. The van der Waals surface area contributed by atoms with Crippen molar-refractivity contribution >= 4 is 34.6 Å². The molecule has 1 spiro atoms. The SMILES string of the molecule is COc1ccc2cc(CN(C)C(=O)COC(=O)CN3C(=O)N(C)C4(CCCCC4)C3=O)ccc2c1. The van der Waals surface area contributed by atoms with Crippen molar-refractivity contribution in [3.05, 3.63) is 42.0 Å². The van der Waals surface area contributed by atoms with Gasteiger partial charge in [-0.1, -0.05) is 37.5 Å². The van der Waals surface area contributed by atoms with Gasteiger partial charge in [0.15, 0.2) is 6.61 Å². The zero-order valence-corrected chi connectivity index (χ0v) is 20.4. The van der Waals surface area contributed by atoms with Crippen molar-refractivity contribution in [3.63, 3.8) is 0 Å². The van der Waals surface area contributed by atoms with Gasteiger partial charge in [-0.3, -0.25) is 19.3 Å². The van der Waals surface area contributed by atoms with Crippen LogP contribution < -0.4 is 4.74 Å². The first-order chi connectivity index (χ1) is 16.7. The fraction of sp³-hybridized carbons (Fsp3) is 0.462.